The van der Waals surface area contributed by atoms with Crippen molar-refractivity contribution in [2.24, 2.45) is 10.9 Å². The van der Waals surface area contributed by atoms with Gasteiger partial charge in [-0.05, 0) is 51.8 Å². The highest BCUT2D eigenvalue weighted by molar-refractivity contribution is 5.80. The molecule has 0 spiro atoms. The Morgan fingerprint density at radius 2 is 1.85 bits per heavy atom. The first-order chi connectivity index (χ1) is 12.8. The average molecular weight is 374 g/mol. The van der Waals surface area contributed by atoms with Crippen molar-refractivity contribution in [1.82, 2.24) is 20.4 Å². The van der Waals surface area contributed by atoms with E-state index in [2.05, 4.69) is 91.4 Å². The first kappa shape index (κ1) is 21.7. The highest BCUT2D eigenvalue weighted by Crippen LogP contribution is 2.18. The van der Waals surface area contributed by atoms with Gasteiger partial charge in [0.05, 0.1) is 0 Å². The van der Waals surface area contributed by atoms with Crippen LogP contribution in [-0.4, -0.2) is 61.1 Å². The molecule has 0 bridgehead atoms. The van der Waals surface area contributed by atoms with Crippen molar-refractivity contribution in [1.29, 1.82) is 0 Å². The maximum Gasteiger partial charge on any atom is 0.191 e. The topological polar surface area (TPSA) is 42.9 Å². The highest BCUT2D eigenvalue weighted by atomic mass is 15.3. The molecule has 1 aliphatic rings. The third kappa shape index (κ3) is 6.22. The van der Waals surface area contributed by atoms with E-state index in [0.29, 0.717) is 24.0 Å². The van der Waals surface area contributed by atoms with Gasteiger partial charge in [0.25, 0.3) is 0 Å². The van der Waals surface area contributed by atoms with Gasteiger partial charge in [0.1, 0.15) is 0 Å². The first-order valence-corrected chi connectivity index (χ1v) is 10.3. The number of benzene rings is 1. The summed E-state index contributed by atoms with van der Waals surface area (Å²) in [6, 6.07) is 10.3. The van der Waals surface area contributed by atoms with E-state index in [0.717, 1.165) is 32.1 Å². The number of likely N-dealkylation sites (tertiary alicyclic amines) is 1. The van der Waals surface area contributed by atoms with Crippen molar-refractivity contribution < 1.29 is 0 Å². The molecule has 2 N–H and O–H groups in total. The SMILES string of the molecule is CN=C(NCc1ccccc1CN(C)C(C)C)NC1CN(C(C)C)CC1C. The fraction of sp³-hybridized carbons (Fsp3) is 0.682. The second-order valence-electron chi connectivity index (χ2n) is 8.48. The van der Waals surface area contributed by atoms with Crippen LogP contribution >= 0.6 is 0 Å². The Bertz CT molecular complexity index is 610. The number of nitrogens with zero attached hydrogens (tertiary/aromatic N) is 3. The fourth-order valence-corrected chi connectivity index (χ4v) is 3.50. The molecular formula is C22H39N5. The maximum atomic E-state index is 4.46. The summed E-state index contributed by atoms with van der Waals surface area (Å²) in [5.74, 6) is 1.52. The Hall–Kier alpha value is -1.59. The van der Waals surface area contributed by atoms with Crippen LogP contribution in [0.3, 0.4) is 0 Å². The summed E-state index contributed by atoms with van der Waals surface area (Å²) in [4.78, 5) is 9.36. The molecule has 27 heavy (non-hydrogen) atoms. The highest BCUT2D eigenvalue weighted by Gasteiger charge is 2.31. The molecule has 5 heteroatoms. The van der Waals surface area contributed by atoms with Crippen molar-refractivity contribution in [3.8, 4) is 0 Å². The van der Waals surface area contributed by atoms with Gasteiger partial charge in [-0.25, -0.2) is 0 Å². The molecule has 0 aromatic heterocycles. The largest absolute Gasteiger partial charge is 0.352 e. The molecule has 1 heterocycles. The summed E-state index contributed by atoms with van der Waals surface area (Å²) in [7, 11) is 4.03. The number of rotatable bonds is 7. The lowest BCUT2D eigenvalue weighted by Gasteiger charge is -2.24. The van der Waals surface area contributed by atoms with E-state index >= 15 is 0 Å². The van der Waals surface area contributed by atoms with Crippen molar-refractivity contribution in [2.45, 2.75) is 65.8 Å². The molecule has 2 atom stereocenters. The third-order valence-corrected chi connectivity index (χ3v) is 5.78. The number of aliphatic imine (C=N–C) groups is 1. The second kappa shape index (κ2) is 10.1. The Kier molecular flexibility index (Phi) is 8.11. The molecule has 1 aliphatic heterocycles. The lowest BCUT2D eigenvalue weighted by Crippen LogP contribution is -2.46. The smallest absolute Gasteiger partial charge is 0.191 e. The molecule has 0 radical (unpaired) electrons. The molecular weight excluding hydrogens is 334 g/mol. The lowest BCUT2D eigenvalue weighted by atomic mass is 10.1. The Morgan fingerprint density at radius 3 is 2.41 bits per heavy atom. The molecule has 152 valence electrons. The molecule has 0 saturated carbocycles. The molecule has 1 aromatic carbocycles. The van der Waals surface area contributed by atoms with Gasteiger partial charge < -0.3 is 10.6 Å². The van der Waals surface area contributed by atoms with E-state index < -0.39 is 0 Å². The van der Waals surface area contributed by atoms with Crippen LogP contribution in [0, 0.1) is 5.92 Å². The summed E-state index contributed by atoms with van der Waals surface area (Å²) >= 11 is 0. The van der Waals surface area contributed by atoms with Crippen molar-refractivity contribution in [2.75, 3.05) is 27.2 Å². The molecule has 0 aliphatic carbocycles. The van der Waals surface area contributed by atoms with Crippen LogP contribution in [0.4, 0.5) is 0 Å². The van der Waals surface area contributed by atoms with Gasteiger partial charge in [0.2, 0.25) is 0 Å². The Labute approximate surface area is 166 Å². The first-order valence-electron chi connectivity index (χ1n) is 10.3. The van der Waals surface area contributed by atoms with E-state index in [1.165, 1.54) is 11.1 Å². The van der Waals surface area contributed by atoms with E-state index in [-0.39, 0.29) is 0 Å². The molecule has 2 rings (SSSR count). The van der Waals surface area contributed by atoms with Crippen LogP contribution in [0.5, 0.6) is 0 Å². The van der Waals surface area contributed by atoms with Gasteiger partial charge in [-0.3, -0.25) is 14.8 Å². The quantitative estimate of drug-likeness (QED) is 0.570. The average Bonchev–Trinajstić information content (AvgIpc) is 3.00. The Morgan fingerprint density at radius 1 is 1.19 bits per heavy atom. The van der Waals surface area contributed by atoms with Gasteiger partial charge >= 0.3 is 0 Å². The van der Waals surface area contributed by atoms with Gasteiger partial charge in [0, 0.05) is 51.4 Å². The minimum Gasteiger partial charge on any atom is -0.352 e. The molecule has 5 nitrogen and oxygen atoms in total. The summed E-state index contributed by atoms with van der Waals surface area (Å²) in [6.07, 6.45) is 0. The molecule has 1 saturated heterocycles. The second-order valence-corrected chi connectivity index (χ2v) is 8.48. The number of hydrogen-bond donors (Lipinski definition) is 2. The zero-order valence-electron chi connectivity index (χ0n) is 18.3. The summed E-state index contributed by atoms with van der Waals surface area (Å²) in [6.45, 7) is 15.3. The van der Waals surface area contributed by atoms with E-state index in [1.54, 1.807) is 0 Å². The fourth-order valence-electron chi connectivity index (χ4n) is 3.50. The number of guanidine groups is 1. The van der Waals surface area contributed by atoms with E-state index in [4.69, 9.17) is 0 Å². The Balaban J connectivity index is 1.95. The van der Waals surface area contributed by atoms with Crippen LogP contribution in [0.1, 0.15) is 45.7 Å². The number of nitrogens with one attached hydrogen (secondary N) is 2. The van der Waals surface area contributed by atoms with Crippen molar-refractivity contribution in [3.63, 3.8) is 0 Å². The predicted molar refractivity (Wildman–Crippen MR) is 116 cm³/mol. The van der Waals surface area contributed by atoms with Crippen LogP contribution in [0.2, 0.25) is 0 Å². The van der Waals surface area contributed by atoms with Gasteiger partial charge in [0.15, 0.2) is 5.96 Å². The summed E-state index contributed by atoms with van der Waals surface area (Å²) in [5, 5.41) is 7.16. The van der Waals surface area contributed by atoms with E-state index in [9.17, 15) is 0 Å². The van der Waals surface area contributed by atoms with E-state index in [1.807, 2.05) is 7.05 Å². The molecule has 1 aromatic rings. The van der Waals surface area contributed by atoms with Crippen molar-refractivity contribution >= 4 is 5.96 Å². The van der Waals surface area contributed by atoms with Crippen LogP contribution in [-0.2, 0) is 13.1 Å². The third-order valence-electron chi connectivity index (χ3n) is 5.78. The molecule has 1 fully saturated rings. The standard InChI is InChI=1S/C22H39N5/c1-16(2)26(7)14-20-11-9-8-10-19(20)12-24-22(23-6)25-21-15-27(17(3)4)13-18(21)5/h8-11,16-18,21H,12-15H2,1-7H3,(H2,23,24,25). The summed E-state index contributed by atoms with van der Waals surface area (Å²) in [5.41, 5.74) is 2.70. The normalized spacial score (nSPS) is 21.5. The van der Waals surface area contributed by atoms with Gasteiger partial charge in [-0.1, -0.05) is 31.2 Å². The van der Waals surface area contributed by atoms with Gasteiger partial charge in [-0.2, -0.15) is 0 Å². The minimum absolute atomic E-state index is 0.445. The van der Waals surface area contributed by atoms with Gasteiger partial charge in [-0.15, -0.1) is 0 Å². The van der Waals surface area contributed by atoms with Crippen LogP contribution < -0.4 is 10.6 Å². The van der Waals surface area contributed by atoms with Crippen LogP contribution in [0.15, 0.2) is 29.3 Å². The van der Waals surface area contributed by atoms with Crippen molar-refractivity contribution in [3.05, 3.63) is 35.4 Å². The zero-order valence-corrected chi connectivity index (χ0v) is 18.3. The number of hydrogen-bond acceptors (Lipinski definition) is 3. The molecule has 0 amide bonds. The maximum absolute atomic E-state index is 4.46. The zero-order chi connectivity index (χ0) is 20.0. The molecule has 2 unspecified atom stereocenters. The predicted octanol–water partition coefficient (Wildman–Crippen LogP) is 2.92. The summed E-state index contributed by atoms with van der Waals surface area (Å²) < 4.78 is 0. The van der Waals surface area contributed by atoms with Crippen LogP contribution in [0.25, 0.3) is 0 Å². The lowest BCUT2D eigenvalue weighted by molar-refractivity contribution is 0.265. The monoisotopic (exact) mass is 373 g/mol. The minimum atomic E-state index is 0.445.